The molecule has 2 unspecified atom stereocenters. The molecule has 8 heteroatoms. The zero-order chi connectivity index (χ0) is 14.9. The van der Waals surface area contributed by atoms with Gasteiger partial charge < -0.3 is 5.73 Å². The van der Waals surface area contributed by atoms with Crippen molar-refractivity contribution in [2.75, 3.05) is 13.1 Å². The molecular formula is C13H19Cl2FN2O2S. The Morgan fingerprint density at radius 3 is 2.76 bits per heavy atom. The lowest BCUT2D eigenvalue weighted by Gasteiger charge is -2.33. The summed E-state index contributed by atoms with van der Waals surface area (Å²) in [5.41, 5.74) is 5.85. The standard InChI is InChI=1S/C13H18ClFN2O2S.ClH/c1-9(16)10-4-3-7-17(8-10)20(18,19)12-6-2-5-11(14)13(12)15;/h2,5-6,9-10H,3-4,7-8,16H2,1H3;1H. The molecule has 1 aliphatic heterocycles. The van der Waals surface area contributed by atoms with Crippen LogP contribution in [0.5, 0.6) is 0 Å². The van der Waals surface area contributed by atoms with Gasteiger partial charge in [-0.05, 0) is 37.8 Å². The molecule has 0 aliphatic carbocycles. The minimum Gasteiger partial charge on any atom is -0.328 e. The molecule has 1 aromatic carbocycles. The number of hydrogen-bond donors (Lipinski definition) is 1. The first-order chi connectivity index (χ1) is 9.34. The van der Waals surface area contributed by atoms with Crippen LogP contribution >= 0.6 is 24.0 Å². The smallest absolute Gasteiger partial charge is 0.246 e. The molecule has 2 rings (SSSR count). The fraction of sp³-hybridized carbons (Fsp3) is 0.538. The maximum atomic E-state index is 13.9. The van der Waals surface area contributed by atoms with Crippen LogP contribution in [0.25, 0.3) is 0 Å². The quantitative estimate of drug-likeness (QED) is 0.905. The topological polar surface area (TPSA) is 63.4 Å². The van der Waals surface area contributed by atoms with Crippen molar-refractivity contribution < 1.29 is 12.8 Å². The van der Waals surface area contributed by atoms with E-state index in [9.17, 15) is 12.8 Å². The van der Waals surface area contributed by atoms with Crippen LogP contribution in [0.4, 0.5) is 4.39 Å². The van der Waals surface area contributed by atoms with Crippen LogP contribution in [0.1, 0.15) is 19.8 Å². The van der Waals surface area contributed by atoms with Crippen molar-refractivity contribution in [2.45, 2.75) is 30.7 Å². The van der Waals surface area contributed by atoms with Gasteiger partial charge >= 0.3 is 0 Å². The highest BCUT2D eigenvalue weighted by atomic mass is 35.5. The molecule has 21 heavy (non-hydrogen) atoms. The molecule has 2 N–H and O–H groups in total. The summed E-state index contributed by atoms with van der Waals surface area (Å²) in [5.74, 6) is -0.794. The molecule has 1 saturated heterocycles. The van der Waals surface area contributed by atoms with E-state index in [0.717, 1.165) is 12.8 Å². The van der Waals surface area contributed by atoms with Gasteiger partial charge in [0, 0.05) is 19.1 Å². The molecule has 2 atom stereocenters. The van der Waals surface area contributed by atoms with Crippen molar-refractivity contribution >= 4 is 34.0 Å². The molecule has 1 fully saturated rings. The van der Waals surface area contributed by atoms with Gasteiger partial charge in [-0.1, -0.05) is 17.7 Å². The Bertz CT molecular complexity index is 596. The van der Waals surface area contributed by atoms with E-state index in [1.54, 1.807) is 0 Å². The lowest BCUT2D eigenvalue weighted by Crippen LogP contribution is -2.45. The summed E-state index contributed by atoms with van der Waals surface area (Å²) < 4.78 is 40.3. The number of halogens is 3. The molecular weight excluding hydrogens is 338 g/mol. The average Bonchev–Trinajstić information content (AvgIpc) is 2.41. The number of sulfonamides is 1. The van der Waals surface area contributed by atoms with Gasteiger partial charge in [-0.2, -0.15) is 4.31 Å². The Morgan fingerprint density at radius 2 is 2.14 bits per heavy atom. The summed E-state index contributed by atoms with van der Waals surface area (Å²) in [7, 11) is -3.86. The van der Waals surface area contributed by atoms with Gasteiger partial charge in [-0.15, -0.1) is 12.4 Å². The Hall–Kier alpha value is -0.400. The van der Waals surface area contributed by atoms with Crippen molar-refractivity contribution in [1.29, 1.82) is 0 Å². The fourth-order valence-electron chi connectivity index (χ4n) is 2.44. The Balaban J connectivity index is 0.00000220. The second kappa shape index (κ2) is 7.24. The largest absolute Gasteiger partial charge is 0.328 e. The van der Waals surface area contributed by atoms with Crippen LogP contribution in [-0.4, -0.2) is 31.9 Å². The molecule has 120 valence electrons. The molecule has 0 saturated carbocycles. The van der Waals surface area contributed by atoms with Gasteiger partial charge in [0.25, 0.3) is 0 Å². The Morgan fingerprint density at radius 1 is 1.48 bits per heavy atom. The summed E-state index contributed by atoms with van der Waals surface area (Å²) in [6.45, 7) is 2.57. The van der Waals surface area contributed by atoms with Crippen molar-refractivity contribution in [1.82, 2.24) is 4.31 Å². The number of rotatable bonds is 3. The highest BCUT2D eigenvalue weighted by Gasteiger charge is 2.33. The third-order valence-corrected chi connectivity index (χ3v) is 5.87. The Kier molecular flexibility index (Phi) is 6.43. The lowest BCUT2D eigenvalue weighted by molar-refractivity contribution is 0.242. The van der Waals surface area contributed by atoms with E-state index in [0.29, 0.717) is 13.1 Å². The molecule has 0 bridgehead atoms. The number of piperidine rings is 1. The number of nitrogens with zero attached hydrogens (tertiary/aromatic N) is 1. The predicted molar refractivity (Wildman–Crippen MR) is 83.8 cm³/mol. The summed E-state index contributed by atoms with van der Waals surface area (Å²) in [6, 6.07) is 3.92. The summed E-state index contributed by atoms with van der Waals surface area (Å²) in [6.07, 6.45) is 1.62. The molecule has 1 aliphatic rings. The van der Waals surface area contributed by atoms with Crippen molar-refractivity contribution in [3.8, 4) is 0 Å². The maximum Gasteiger partial charge on any atom is 0.246 e. The second-order valence-corrected chi connectivity index (χ2v) is 7.49. The van der Waals surface area contributed by atoms with E-state index in [2.05, 4.69) is 0 Å². The van der Waals surface area contributed by atoms with Crippen LogP contribution in [0.2, 0.25) is 5.02 Å². The maximum absolute atomic E-state index is 13.9. The summed E-state index contributed by atoms with van der Waals surface area (Å²) in [5, 5.41) is -0.188. The van der Waals surface area contributed by atoms with Gasteiger partial charge in [-0.25, -0.2) is 12.8 Å². The van der Waals surface area contributed by atoms with Gasteiger partial charge in [0.1, 0.15) is 4.90 Å². The van der Waals surface area contributed by atoms with Gasteiger partial charge in [-0.3, -0.25) is 0 Å². The van der Waals surface area contributed by atoms with Crippen LogP contribution in [-0.2, 0) is 10.0 Å². The number of hydrogen-bond acceptors (Lipinski definition) is 3. The second-order valence-electron chi connectivity index (χ2n) is 5.18. The van der Waals surface area contributed by atoms with Crippen LogP contribution < -0.4 is 5.73 Å². The summed E-state index contributed by atoms with van der Waals surface area (Å²) >= 11 is 5.66. The van der Waals surface area contributed by atoms with Crippen molar-refractivity contribution in [2.24, 2.45) is 11.7 Å². The fourth-order valence-corrected chi connectivity index (χ4v) is 4.30. The van der Waals surface area contributed by atoms with Crippen molar-refractivity contribution in [3.63, 3.8) is 0 Å². The van der Waals surface area contributed by atoms with Gasteiger partial charge in [0.2, 0.25) is 10.0 Å². The van der Waals surface area contributed by atoms with E-state index in [1.807, 2.05) is 6.92 Å². The van der Waals surface area contributed by atoms with E-state index >= 15 is 0 Å². The lowest BCUT2D eigenvalue weighted by atomic mass is 9.93. The van der Waals surface area contributed by atoms with Crippen LogP contribution in [0, 0.1) is 11.7 Å². The van der Waals surface area contributed by atoms with E-state index in [-0.39, 0.29) is 34.3 Å². The molecule has 0 spiro atoms. The minimum absolute atomic E-state index is 0. The van der Waals surface area contributed by atoms with Crippen molar-refractivity contribution in [3.05, 3.63) is 29.0 Å². The highest BCUT2D eigenvalue weighted by molar-refractivity contribution is 7.89. The van der Waals surface area contributed by atoms with Gasteiger partial charge in [0.15, 0.2) is 5.82 Å². The molecule has 0 amide bonds. The van der Waals surface area contributed by atoms with Crippen LogP contribution in [0.3, 0.4) is 0 Å². The Labute approximate surface area is 135 Å². The normalized spacial score (nSPS) is 21.6. The minimum atomic E-state index is -3.86. The third kappa shape index (κ3) is 3.87. The third-order valence-electron chi connectivity index (χ3n) is 3.70. The van der Waals surface area contributed by atoms with Gasteiger partial charge in [0.05, 0.1) is 5.02 Å². The molecule has 0 radical (unpaired) electrons. The molecule has 1 heterocycles. The van der Waals surface area contributed by atoms with Crippen LogP contribution in [0.15, 0.2) is 23.1 Å². The van der Waals surface area contributed by atoms with E-state index in [1.165, 1.54) is 22.5 Å². The average molecular weight is 357 g/mol. The number of nitrogens with two attached hydrogens (primary N) is 1. The molecule has 1 aromatic rings. The number of benzene rings is 1. The first-order valence-corrected chi connectivity index (χ1v) is 8.35. The van der Waals surface area contributed by atoms with E-state index < -0.39 is 15.8 Å². The predicted octanol–water partition coefficient (Wildman–Crippen LogP) is 2.65. The zero-order valence-electron chi connectivity index (χ0n) is 11.6. The first kappa shape index (κ1) is 18.6. The monoisotopic (exact) mass is 356 g/mol. The molecule has 0 aromatic heterocycles. The first-order valence-electron chi connectivity index (χ1n) is 6.53. The SMILES string of the molecule is CC(N)C1CCCN(S(=O)(=O)c2cccc(Cl)c2F)C1.Cl. The highest BCUT2D eigenvalue weighted by Crippen LogP contribution is 2.28. The summed E-state index contributed by atoms with van der Waals surface area (Å²) in [4.78, 5) is -0.365. The van der Waals surface area contributed by atoms with E-state index in [4.69, 9.17) is 17.3 Å². The zero-order valence-corrected chi connectivity index (χ0v) is 14.0. The molecule has 4 nitrogen and oxygen atoms in total.